The molecule has 1 aromatic carbocycles. The molecule has 0 aliphatic rings. The van der Waals surface area contributed by atoms with Crippen LogP contribution in [0.2, 0.25) is 5.02 Å². The summed E-state index contributed by atoms with van der Waals surface area (Å²) in [7, 11) is 0. The van der Waals surface area contributed by atoms with Gasteiger partial charge in [0.25, 0.3) is 0 Å². The average molecular weight is 257 g/mol. The minimum atomic E-state index is -0.609. The smallest absolute Gasteiger partial charge is 0.236 e. The zero-order valence-corrected chi connectivity index (χ0v) is 10.7. The highest BCUT2D eigenvalue weighted by molar-refractivity contribution is 6.31. The van der Waals surface area contributed by atoms with E-state index < -0.39 is 6.10 Å². The van der Waals surface area contributed by atoms with Crippen LogP contribution in [-0.2, 0) is 4.79 Å². The van der Waals surface area contributed by atoms with Gasteiger partial charge in [0.05, 0.1) is 12.6 Å². The monoisotopic (exact) mass is 256 g/mol. The molecule has 4 nitrogen and oxygen atoms in total. The van der Waals surface area contributed by atoms with Gasteiger partial charge in [-0.25, -0.2) is 0 Å². The number of primary amides is 1. The number of carbonyl (C=O) groups is 1. The standard InChI is InChI=1S/C12H17ClN2O2/c1-3-15(7-12(14)17)9-4-5-10(8(2)16)11(13)6-9/h4-6,8,16H,3,7H2,1-2H3,(H2,14,17). The summed E-state index contributed by atoms with van der Waals surface area (Å²) in [6, 6.07) is 5.31. The third-order valence-electron chi connectivity index (χ3n) is 2.53. The van der Waals surface area contributed by atoms with E-state index in [2.05, 4.69) is 0 Å². The molecule has 0 aliphatic heterocycles. The Morgan fingerprint density at radius 2 is 2.24 bits per heavy atom. The van der Waals surface area contributed by atoms with Gasteiger partial charge in [-0.3, -0.25) is 4.79 Å². The van der Waals surface area contributed by atoms with E-state index in [1.54, 1.807) is 19.1 Å². The number of aliphatic hydroxyl groups is 1. The first-order valence-corrected chi connectivity index (χ1v) is 5.84. The fourth-order valence-electron chi connectivity index (χ4n) is 1.63. The summed E-state index contributed by atoms with van der Waals surface area (Å²) in [4.78, 5) is 12.7. The van der Waals surface area contributed by atoms with Crippen molar-refractivity contribution in [2.75, 3.05) is 18.0 Å². The SMILES string of the molecule is CCN(CC(N)=O)c1ccc(C(C)O)c(Cl)c1. The molecule has 94 valence electrons. The predicted molar refractivity (Wildman–Crippen MR) is 69.2 cm³/mol. The van der Waals surface area contributed by atoms with Gasteiger partial charge < -0.3 is 15.7 Å². The van der Waals surface area contributed by atoms with Crippen LogP contribution < -0.4 is 10.6 Å². The Balaban J connectivity index is 2.98. The van der Waals surface area contributed by atoms with Crippen molar-refractivity contribution in [3.8, 4) is 0 Å². The van der Waals surface area contributed by atoms with Crippen molar-refractivity contribution in [3.05, 3.63) is 28.8 Å². The number of hydrogen-bond donors (Lipinski definition) is 2. The molecule has 3 N–H and O–H groups in total. The van der Waals surface area contributed by atoms with Crippen LogP contribution in [0.1, 0.15) is 25.5 Å². The van der Waals surface area contributed by atoms with Crippen LogP contribution in [0.3, 0.4) is 0 Å². The molecule has 0 aromatic heterocycles. The first-order chi connectivity index (χ1) is 7.95. The highest BCUT2D eigenvalue weighted by Gasteiger charge is 2.11. The van der Waals surface area contributed by atoms with Gasteiger partial charge in [0.2, 0.25) is 5.91 Å². The van der Waals surface area contributed by atoms with Crippen molar-refractivity contribution in [3.63, 3.8) is 0 Å². The first-order valence-electron chi connectivity index (χ1n) is 5.46. The van der Waals surface area contributed by atoms with Crippen LogP contribution in [-0.4, -0.2) is 24.1 Å². The van der Waals surface area contributed by atoms with Crippen molar-refractivity contribution in [2.45, 2.75) is 20.0 Å². The Morgan fingerprint density at radius 1 is 1.59 bits per heavy atom. The molecule has 1 amide bonds. The quantitative estimate of drug-likeness (QED) is 0.843. The summed E-state index contributed by atoms with van der Waals surface area (Å²) in [6.07, 6.45) is -0.609. The average Bonchev–Trinajstić information content (AvgIpc) is 2.24. The van der Waals surface area contributed by atoms with E-state index >= 15 is 0 Å². The van der Waals surface area contributed by atoms with E-state index in [4.69, 9.17) is 17.3 Å². The van der Waals surface area contributed by atoms with Crippen molar-refractivity contribution in [2.24, 2.45) is 5.73 Å². The Bertz CT molecular complexity index is 407. The fourth-order valence-corrected chi connectivity index (χ4v) is 1.96. The summed E-state index contributed by atoms with van der Waals surface area (Å²) in [6.45, 7) is 4.40. The summed E-state index contributed by atoms with van der Waals surface area (Å²) in [5.74, 6) is -0.387. The van der Waals surface area contributed by atoms with Crippen molar-refractivity contribution < 1.29 is 9.90 Å². The molecule has 1 aromatic rings. The number of carbonyl (C=O) groups excluding carboxylic acids is 1. The molecule has 1 atom stereocenters. The lowest BCUT2D eigenvalue weighted by Crippen LogP contribution is -2.33. The Hall–Kier alpha value is -1.26. The molecular formula is C12H17ClN2O2. The summed E-state index contributed by atoms with van der Waals surface area (Å²) < 4.78 is 0. The van der Waals surface area contributed by atoms with Crippen molar-refractivity contribution in [1.82, 2.24) is 0 Å². The minimum Gasteiger partial charge on any atom is -0.389 e. The van der Waals surface area contributed by atoms with Crippen LogP contribution in [0.15, 0.2) is 18.2 Å². The largest absolute Gasteiger partial charge is 0.389 e. The lowest BCUT2D eigenvalue weighted by atomic mass is 10.1. The number of likely N-dealkylation sites (N-methyl/N-ethyl adjacent to an activating group) is 1. The third kappa shape index (κ3) is 3.61. The molecule has 0 spiro atoms. The summed E-state index contributed by atoms with van der Waals surface area (Å²) in [5.41, 5.74) is 6.66. The van der Waals surface area contributed by atoms with E-state index in [0.717, 1.165) is 5.69 Å². The third-order valence-corrected chi connectivity index (χ3v) is 2.86. The molecule has 1 rings (SSSR count). The second kappa shape index (κ2) is 5.89. The zero-order valence-electron chi connectivity index (χ0n) is 9.98. The highest BCUT2D eigenvalue weighted by Crippen LogP contribution is 2.27. The van der Waals surface area contributed by atoms with Gasteiger partial charge in [-0.2, -0.15) is 0 Å². The van der Waals surface area contributed by atoms with Crippen LogP contribution in [0.25, 0.3) is 0 Å². The van der Waals surface area contributed by atoms with Crippen LogP contribution in [0, 0.1) is 0 Å². The van der Waals surface area contributed by atoms with E-state index in [9.17, 15) is 9.90 Å². The fraction of sp³-hybridized carbons (Fsp3) is 0.417. The van der Waals surface area contributed by atoms with Crippen LogP contribution in [0.4, 0.5) is 5.69 Å². The van der Waals surface area contributed by atoms with Crippen LogP contribution in [0.5, 0.6) is 0 Å². The molecule has 17 heavy (non-hydrogen) atoms. The molecule has 0 fully saturated rings. The maximum atomic E-state index is 10.9. The van der Waals surface area contributed by atoms with Crippen molar-refractivity contribution >= 4 is 23.2 Å². The van der Waals surface area contributed by atoms with Gasteiger partial charge in [-0.15, -0.1) is 0 Å². The molecule has 0 radical (unpaired) electrons. The second-order valence-electron chi connectivity index (χ2n) is 3.86. The molecule has 5 heteroatoms. The predicted octanol–water partition coefficient (Wildman–Crippen LogP) is 1.70. The molecule has 0 bridgehead atoms. The summed E-state index contributed by atoms with van der Waals surface area (Å²) >= 11 is 6.06. The van der Waals surface area contributed by atoms with E-state index in [1.807, 2.05) is 17.9 Å². The second-order valence-corrected chi connectivity index (χ2v) is 4.27. The number of hydrogen-bond acceptors (Lipinski definition) is 3. The van der Waals surface area contributed by atoms with Crippen molar-refractivity contribution in [1.29, 1.82) is 0 Å². The number of aliphatic hydroxyl groups excluding tert-OH is 1. The molecule has 0 heterocycles. The normalized spacial score (nSPS) is 12.2. The topological polar surface area (TPSA) is 66.6 Å². The van der Waals surface area contributed by atoms with E-state index in [1.165, 1.54) is 0 Å². The molecule has 0 saturated carbocycles. The lowest BCUT2D eigenvalue weighted by molar-refractivity contribution is -0.116. The number of amides is 1. The number of benzene rings is 1. The minimum absolute atomic E-state index is 0.154. The maximum Gasteiger partial charge on any atom is 0.236 e. The van der Waals surface area contributed by atoms with Gasteiger partial charge in [-0.05, 0) is 31.5 Å². The molecule has 1 unspecified atom stereocenters. The number of nitrogens with zero attached hydrogens (tertiary/aromatic N) is 1. The highest BCUT2D eigenvalue weighted by atomic mass is 35.5. The number of nitrogens with two attached hydrogens (primary N) is 1. The van der Waals surface area contributed by atoms with Gasteiger partial charge in [0, 0.05) is 17.3 Å². The van der Waals surface area contributed by atoms with Gasteiger partial charge in [-0.1, -0.05) is 17.7 Å². The Kier molecular flexibility index (Phi) is 4.78. The van der Waals surface area contributed by atoms with E-state index in [0.29, 0.717) is 17.1 Å². The maximum absolute atomic E-state index is 10.9. The van der Waals surface area contributed by atoms with E-state index in [-0.39, 0.29) is 12.5 Å². The zero-order chi connectivity index (χ0) is 13.0. The Morgan fingerprint density at radius 3 is 2.65 bits per heavy atom. The first kappa shape index (κ1) is 13.8. The summed E-state index contributed by atoms with van der Waals surface area (Å²) in [5, 5.41) is 9.95. The van der Waals surface area contributed by atoms with Gasteiger partial charge in [0.1, 0.15) is 0 Å². The van der Waals surface area contributed by atoms with Crippen LogP contribution >= 0.6 is 11.6 Å². The van der Waals surface area contributed by atoms with Gasteiger partial charge >= 0.3 is 0 Å². The molecule has 0 saturated heterocycles. The number of anilines is 1. The molecular weight excluding hydrogens is 240 g/mol. The lowest BCUT2D eigenvalue weighted by Gasteiger charge is -2.22. The number of rotatable bonds is 5. The number of halogens is 1. The molecule has 0 aliphatic carbocycles. The Labute approximate surface area is 106 Å². The van der Waals surface area contributed by atoms with Gasteiger partial charge in [0.15, 0.2) is 0 Å².